The number of anilines is 1. The molecule has 0 radical (unpaired) electrons. The summed E-state index contributed by atoms with van der Waals surface area (Å²) in [5.41, 5.74) is 6.04. The van der Waals surface area contributed by atoms with Gasteiger partial charge >= 0.3 is 0 Å². The second-order valence-corrected chi connectivity index (χ2v) is 6.46. The van der Waals surface area contributed by atoms with Crippen molar-refractivity contribution in [1.82, 2.24) is 14.8 Å². The fourth-order valence-corrected chi connectivity index (χ4v) is 3.32. The molecule has 1 saturated carbocycles. The van der Waals surface area contributed by atoms with Crippen molar-refractivity contribution in [1.29, 1.82) is 0 Å². The van der Waals surface area contributed by atoms with E-state index in [2.05, 4.69) is 35.9 Å². The summed E-state index contributed by atoms with van der Waals surface area (Å²) in [4.78, 5) is 10.1. The molecule has 17 heavy (non-hydrogen) atoms. The van der Waals surface area contributed by atoms with Gasteiger partial charge in [-0.25, -0.2) is 4.98 Å². The highest BCUT2D eigenvalue weighted by Crippen LogP contribution is 2.36. The van der Waals surface area contributed by atoms with Crippen molar-refractivity contribution in [2.75, 3.05) is 33.4 Å². The maximum absolute atomic E-state index is 5.65. The molecule has 0 bridgehead atoms. The van der Waals surface area contributed by atoms with E-state index in [1.807, 2.05) is 6.20 Å². The van der Waals surface area contributed by atoms with E-state index < -0.39 is 0 Å². The van der Waals surface area contributed by atoms with Gasteiger partial charge in [-0.3, -0.25) is 4.90 Å². The van der Waals surface area contributed by atoms with Crippen LogP contribution in [0.5, 0.6) is 0 Å². The number of hydrogen-bond acceptors (Lipinski definition) is 5. The van der Waals surface area contributed by atoms with Crippen LogP contribution in [0.3, 0.4) is 0 Å². The Morgan fingerprint density at radius 3 is 2.53 bits per heavy atom. The average Bonchev–Trinajstić information content (AvgIpc) is 2.57. The molecule has 1 aliphatic carbocycles. The highest BCUT2D eigenvalue weighted by molar-refractivity contribution is 7.15. The lowest BCUT2D eigenvalue weighted by Gasteiger charge is -2.49. The van der Waals surface area contributed by atoms with Gasteiger partial charge in [-0.2, -0.15) is 0 Å². The van der Waals surface area contributed by atoms with Crippen molar-refractivity contribution in [2.24, 2.45) is 0 Å². The van der Waals surface area contributed by atoms with E-state index in [1.165, 1.54) is 24.1 Å². The number of likely N-dealkylation sites (N-methyl/N-ethyl adjacent to an activating group) is 2. The zero-order valence-electron chi connectivity index (χ0n) is 10.9. The molecule has 0 spiro atoms. The summed E-state index contributed by atoms with van der Waals surface area (Å²) < 4.78 is 0. The van der Waals surface area contributed by atoms with Gasteiger partial charge < -0.3 is 10.6 Å². The SMILES string of the molecule is CN(Cc1cnc(N)s1)CC1(N(C)C)CCC1. The number of thiazole rings is 1. The number of rotatable bonds is 5. The Hall–Kier alpha value is -0.650. The lowest BCUT2D eigenvalue weighted by molar-refractivity contribution is 0.0261. The van der Waals surface area contributed by atoms with Crippen LogP contribution < -0.4 is 5.73 Å². The normalized spacial score (nSPS) is 18.6. The molecule has 0 aliphatic heterocycles. The van der Waals surface area contributed by atoms with E-state index in [4.69, 9.17) is 5.73 Å². The Kier molecular flexibility index (Phi) is 3.70. The lowest BCUT2D eigenvalue weighted by Crippen LogP contribution is -2.56. The number of nitrogens with two attached hydrogens (primary N) is 1. The summed E-state index contributed by atoms with van der Waals surface area (Å²) >= 11 is 1.59. The van der Waals surface area contributed by atoms with Crippen molar-refractivity contribution in [3.8, 4) is 0 Å². The highest BCUT2D eigenvalue weighted by Gasteiger charge is 2.39. The summed E-state index contributed by atoms with van der Waals surface area (Å²) in [5, 5.41) is 0.666. The van der Waals surface area contributed by atoms with Crippen LogP contribution in [0.25, 0.3) is 0 Å². The highest BCUT2D eigenvalue weighted by atomic mass is 32.1. The molecule has 0 atom stereocenters. The van der Waals surface area contributed by atoms with E-state index in [-0.39, 0.29) is 0 Å². The lowest BCUT2D eigenvalue weighted by atomic mass is 9.75. The van der Waals surface area contributed by atoms with Gasteiger partial charge in [0.05, 0.1) is 0 Å². The minimum Gasteiger partial charge on any atom is -0.375 e. The predicted octanol–water partition coefficient (Wildman–Crippen LogP) is 1.64. The minimum atomic E-state index is 0.394. The van der Waals surface area contributed by atoms with Gasteiger partial charge in [-0.05, 0) is 40.4 Å². The maximum atomic E-state index is 5.65. The molecule has 1 aromatic rings. The Morgan fingerprint density at radius 1 is 1.41 bits per heavy atom. The van der Waals surface area contributed by atoms with Crippen molar-refractivity contribution in [3.05, 3.63) is 11.1 Å². The molecule has 2 N–H and O–H groups in total. The Labute approximate surface area is 107 Å². The topological polar surface area (TPSA) is 45.4 Å². The van der Waals surface area contributed by atoms with Gasteiger partial charge in [-0.15, -0.1) is 11.3 Å². The van der Waals surface area contributed by atoms with E-state index >= 15 is 0 Å². The summed E-state index contributed by atoms with van der Waals surface area (Å²) in [6, 6.07) is 0. The van der Waals surface area contributed by atoms with Crippen LogP contribution in [0, 0.1) is 0 Å². The quantitative estimate of drug-likeness (QED) is 0.867. The van der Waals surface area contributed by atoms with E-state index in [0.717, 1.165) is 13.1 Å². The van der Waals surface area contributed by atoms with Gasteiger partial charge in [0.15, 0.2) is 5.13 Å². The first kappa shape index (κ1) is 12.8. The van der Waals surface area contributed by atoms with Crippen LogP contribution in [0.15, 0.2) is 6.20 Å². The number of hydrogen-bond donors (Lipinski definition) is 1. The van der Waals surface area contributed by atoms with Gasteiger partial charge in [0, 0.05) is 29.7 Å². The molecule has 1 fully saturated rings. The van der Waals surface area contributed by atoms with Gasteiger partial charge in [0.25, 0.3) is 0 Å². The maximum Gasteiger partial charge on any atom is 0.180 e. The number of nitrogen functional groups attached to an aromatic ring is 1. The minimum absolute atomic E-state index is 0.394. The van der Waals surface area contributed by atoms with Gasteiger partial charge in [0.2, 0.25) is 0 Å². The third kappa shape index (κ3) is 2.78. The third-order valence-corrected chi connectivity index (χ3v) is 4.61. The van der Waals surface area contributed by atoms with Crippen LogP contribution in [0.2, 0.25) is 0 Å². The fraction of sp³-hybridized carbons (Fsp3) is 0.750. The summed E-state index contributed by atoms with van der Waals surface area (Å²) in [6.45, 7) is 2.07. The Bertz CT molecular complexity index is 370. The first-order valence-electron chi connectivity index (χ1n) is 6.08. The van der Waals surface area contributed by atoms with Crippen LogP contribution in [-0.2, 0) is 6.54 Å². The number of nitrogens with zero attached hydrogens (tertiary/aromatic N) is 3. The van der Waals surface area contributed by atoms with Gasteiger partial charge in [-0.1, -0.05) is 0 Å². The van der Waals surface area contributed by atoms with Crippen molar-refractivity contribution < 1.29 is 0 Å². The van der Waals surface area contributed by atoms with E-state index in [1.54, 1.807) is 11.3 Å². The first-order chi connectivity index (χ1) is 8.02. The summed E-state index contributed by atoms with van der Waals surface area (Å²) in [7, 11) is 6.56. The van der Waals surface area contributed by atoms with E-state index in [9.17, 15) is 0 Å². The Balaban J connectivity index is 1.90. The average molecular weight is 254 g/mol. The fourth-order valence-electron chi connectivity index (χ4n) is 2.55. The third-order valence-electron chi connectivity index (χ3n) is 3.79. The molecule has 4 nitrogen and oxygen atoms in total. The second kappa shape index (κ2) is 4.92. The molecule has 0 aromatic carbocycles. The molecule has 96 valence electrons. The predicted molar refractivity (Wildman–Crippen MR) is 73.1 cm³/mol. The molecular weight excluding hydrogens is 232 g/mol. The molecule has 1 aliphatic rings. The number of aromatic nitrogens is 1. The van der Waals surface area contributed by atoms with Crippen molar-refractivity contribution >= 4 is 16.5 Å². The molecule has 2 rings (SSSR count). The molecule has 0 amide bonds. The van der Waals surface area contributed by atoms with Gasteiger partial charge in [0.1, 0.15) is 0 Å². The summed E-state index contributed by atoms with van der Waals surface area (Å²) in [6.07, 6.45) is 5.88. The summed E-state index contributed by atoms with van der Waals surface area (Å²) in [5.74, 6) is 0. The molecule has 0 unspecified atom stereocenters. The first-order valence-corrected chi connectivity index (χ1v) is 6.90. The van der Waals surface area contributed by atoms with Crippen molar-refractivity contribution in [2.45, 2.75) is 31.3 Å². The standard InChI is InChI=1S/C12H22N4S/c1-15(2)12(5-4-6-12)9-16(3)8-10-7-14-11(13)17-10/h7H,4-6,8-9H2,1-3H3,(H2,13,14). The zero-order valence-corrected chi connectivity index (χ0v) is 11.8. The van der Waals surface area contributed by atoms with Crippen LogP contribution >= 0.6 is 11.3 Å². The zero-order chi connectivity index (χ0) is 12.5. The second-order valence-electron chi connectivity index (χ2n) is 5.31. The molecule has 5 heteroatoms. The van der Waals surface area contributed by atoms with Crippen LogP contribution in [-0.4, -0.2) is 48.0 Å². The van der Waals surface area contributed by atoms with Crippen molar-refractivity contribution in [3.63, 3.8) is 0 Å². The molecule has 0 saturated heterocycles. The smallest absolute Gasteiger partial charge is 0.180 e. The Morgan fingerprint density at radius 2 is 2.12 bits per heavy atom. The van der Waals surface area contributed by atoms with E-state index in [0.29, 0.717) is 10.7 Å². The van der Waals surface area contributed by atoms with Crippen LogP contribution in [0.1, 0.15) is 24.1 Å². The van der Waals surface area contributed by atoms with Crippen LogP contribution in [0.4, 0.5) is 5.13 Å². The molecular formula is C12H22N4S. The molecule has 1 aromatic heterocycles. The largest absolute Gasteiger partial charge is 0.375 e. The monoisotopic (exact) mass is 254 g/mol. The molecule has 1 heterocycles.